The second-order valence-corrected chi connectivity index (χ2v) is 9.08. The van der Waals surface area contributed by atoms with Gasteiger partial charge in [-0.3, -0.25) is 4.79 Å². The Morgan fingerprint density at radius 2 is 1.59 bits per heavy atom. The molecule has 1 aliphatic carbocycles. The zero-order valence-electron chi connectivity index (χ0n) is 14.9. The summed E-state index contributed by atoms with van der Waals surface area (Å²) in [5.41, 5.74) is 0.738. The fraction of sp³-hybridized carbons (Fsp3) is 0.350. The van der Waals surface area contributed by atoms with Gasteiger partial charge in [0.1, 0.15) is 0 Å². The zero-order valence-corrected chi connectivity index (χ0v) is 16.5. The Labute approximate surface area is 165 Å². The van der Waals surface area contributed by atoms with Crippen LogP contribution in [0.1, 0.15) is 25.7 Å². The van der Waals surface area contributed by atoms with Gasteiger partial charge in [0.25, 0.3) is 0 Å². The van der Waals surface area contributed by atoms with Crippen LogP contribution in [0.25, 0.3) is 0 Å². The molecule has 0 aliphatic heterocycles. The Morgan fingerprint density at radius 1 is 0.963 bits per heavy atom. The van der Waals surface area contributed by atoms with Crippen LogP contribution in [0.15, 0.2) is 59.5 Å². The maximum atomic E-state index is 12.4. The highest BCUT2D eigenvalue weighted by Gasteiger charge is 2.27. The molecule has 0 heterocycles. The normalized spacial score (nSPS) is 20.2. The van der Waals surface area contributed by atoms with Crippen LogP contribution in [-0.2, 0) is 14.8 Å². The molecule has 0 saturated heterocycles. The van der Waals surface area contributed by atoms with Crippen molar-refractivity contribution in [2.75, 3.05) is 11.9 Å². The summed E-state index contributed by atoms with van der Waals surface area (Å²) in [6.45, 7) is 0.406. The van der Waals surface area contributed by atoms with Gasteiger partial charge in [-0.15, -0.1) is 0 Å². The lowest BCUT2D eigenvalue weighted by Gasteiger charge is -2.27. The van der Waals surface area contributed by atoms with Crippen LogP contribution >= 0.6 is 11.6 Å². The molecule has 2 N–H and O–H groups in total. The Morgan fingerprint density at radius 3 is 2.22 bits per heavy atom. The summed E-state index contributed by atoms with van der Waals surface area (Å²) in [5, 5.41) is 3.55. The van der Waals surface area contributed by atoms with E-state index in [0.29, 0.717) is 11.6 Å². The summed E-state index contributed by atoms with van der Waals surface area (Å²) in [4.78, 5) is 12.7. The van der Waals surface area contributed by atoms with E-state index in [-0.39, 0.29) is 22.6 Å². The quantitative estimate of drug-likeness (QED) is 0.759. The summed E-state index contributed by atoms with van der Waals surface area (Å²) in [7, 11) is -3.47. The molecule has 2 aromatic carbocycles. The van der Waals surface area contributed by atoms with Gasteiger partial charge in [0.2, 0.25) is 15.9 Å². The lowest BCUT2D eigenvalue weighted by atomic mass is 9.81. The highest BCUT2D eigenvalue weighted by molar-refractivity contribution is 7.89. The highest BCUT2D eigenvalue weighted by Crippen LogP contribution is 2.29. The molecule has 0 radical (unpaired) electrons. The fourth-order valence-electron chi connectivity index (χ4n) is 3.32. The predicted octanol–water partition coefficient (Wildman–Crippen LogP) is 4.06. The minimum atomic E-state index is -3.47. The molecule has 27 heavy (non-hydrogen) atoms. The average Bonchev–Trinajstić information content (AvgIpc) is 2.69. The van der Waals surface area contributed by atoms with Gasteiger partial charge in [0.15, 0.2) is 0 Å². The predicted molar refractivity (Wildman–Crippen MR) is 107 cm³/mol. The van der Waals surface area contributed by atoms with Crippen molar-refractivity contribution in [3.05, 3.63) is 59.6 Å². The monoisotopic (exact) mass is 406 g/mol. The molecule has 1 saturated carbocycles. The van der Waals surface area contributed by atoms with Gasteiger partial charge in [-0.1, -0.05) is 29.8 Å². The van der Waals surface area contributed by atoms with E-state index in [2.05, 4.69) is 10.0 Å². The molecule has 1 aliphatic rings. The molecule has 0 aromatic heterocycles. The van der Waals surface area contributed by atoms with Crippen molar-refractivity contribution in [3.8, 4) is 0 Å². The first-order valence-corrected chi connectivity index (χ1v) is 10.9. The number of benzene rings is 2. The van der Waals surface area contributed by atoms with Crippen LogP contribution in [0.4, 0.5) is 5.69 Å². The molecule has 0 bridgehead atoms. The van der Waals surface area contributed by atoms with Gasteiger partial charge in [0, 0.05) is 23.2 Å². The van der Waals surface area contributed by atoms with Gasteiger partial charge < -0.3 is 5.32 Å². The lowest BCUT2D eigenvalue weighted by molar-refractivity contribution is -0.121. The first-order chi connectivity index (χ1) is 12.9. The maximum Gasteiger partial charge on any atom is 0.240 e. The van der Waals surface area contributed by atoms with Crippen LogP contribution in [-0.4, -0.2) is 20.9 Å². The molecule has 5 nitrogen and oxygen atoms in total. The van der Waals surface area contributed by atoms with Crippen molar-refractivity contribution in [2.24, 2.45) is 11.8 Å². The van der Waals surface area contributed by atoms with Crippen molar-refractivity contribution >= 4 is 33.2 Å². The third kappa shape index (κ3) is 5.54. The second kappa shape index (κ2) is 8.87. The summed E-state index contributed by atoms with van der Waals surface area (Å²) in [6, 6.07) is 15.4. The summed E-state index contributed by atoms with van der Waals surface area (Å²) in [5.74, 6) is 0.228. The molecule has 1 amide bonds. The number of carbonyl (C=O) groups is 1. The molecule has 0 atom stereocenters. The standard InChI is InChI=1S/C20H23ClN2O3S/c21-17-10-12-18(13-11-17)23-20(24)16-8-6-15(7-9-16)14-22-27(25,26)19-4-2-1-3-5-19/h1-5,10-13,15-16,22H,6-9,14H2,(H,23,24). The smallest absolute Gasteiger partial charge is 0.240 e. The fourth-order valence-corrected chi connectivity index (χ4v) is 4.58. The minimum Gasteiger partial charge on any atom is -0.326 e. The molecule has 7 heteroatoms. The SMILES string of the molecule is O=C(Nc1ccc(Cl)cc1)C1CCC(CNS(=O)(=O)c2ccccc2)CC1. The van der Waals surface area contributed by atoms with Crippen LogP contribution < -0.4 is 10.0 Å². The zero-order chi connectivity index (χ0) is 19.3. The highest BCUT2D eigenvalue weighted by atomic mass is 35.5. The number of rotatable bonds is 6. The molecular weight excluding hydrogens is 384 g/mol. The van der Waals surface area contributed by atoms with Crippen LogP contribution in [0.3, 0.4) is 0 Å². The molecular formula is C20H23ClN2O3S. The Kier molecular flexibility index (Phi) is 6.52. The van der Waals surface area contributed by atoms with Crippen molar-refractivity contribution in [1.82, 2.24) is 4.72 Å². The average molecular weight is 407 g/mol. The van der Waals surface area contributed by atoms with E-state index in [4.69, 9.17) is 11.6 Å². The molecule has 0 unspecified atom stereocenters. The number of hydrogen-bond acceptors (Lipinski definition) is 3. The van der Waals surface area contributed by atoms with Crippen LogP contribution in [0.5, 0.6) is 0 Å². The third-order valence-electron chi connectivity index (χ3n) is 4.94. The number of halogens is 1. The van der Waals surface area contributed by atoms with Crippen molar-refractivity contribution in [2.45, 2.75) is 30.6 Å². The number of carbonyl (C=O) groups excluding carboxylic acids is 1. The van der Waals surface area contributed by atoms with Gasteiger partial charge in [-0.2, -0.15) is 0 Å². The van der Waals surface area contributed by atoms with Crippen molar-refractivity contribution in [3.63, 3.8) is 0 Å². The van der Waals surface area contributed by atoms with E-state index in [1.807, 2.05) is 0 Å². The Bertz CT molecular complexity index is 862. The minimum absolute atomic E-state index is 0.0145. The Hall–Kier alpha value is -1.89. The van der Waals surface area contributed by atoms with Crippen molar-refractivity contribution < 1.29 is 13.2 Å². The molecule has 3 rings (SSSR count). The summed E-state index contributed by atoms with van der Waals surface area (Å²) < 4.78 is 27.3. The van der Waals surface area contributed by atoms with E-state index >= 15 is 0 Å². The van der Waals surface area contributed by atoms with E-state index in [1.165, 1.54) is 0 Å². The Balaban J connectivity index is 1.46. The van der Waals surface area contributed by atoms with Gasteiger partial charge in [-0.05, 0) is 68.0 Å². The topological polar surface area (TPSA) is 75.3 Å². The second-order valence-electron chi connectivity index (χ2n) is 6.88. The first-order valence-electron chi connectivity index (χ1n) is 9.05. The maximum absolute atomic E-state index is 12.4. The molecule has 2 aromatic rings. The van der Waals surface area contributed by atoms with Crippen molar-refractivity contribution in [1.29, 1.82) is 0 Å². The van der Waals surface area contributed by atoms with Crippen LogP contribution in [0, 0.1) is 11.8 Å². The van der Waals surface area contributed by atoms with E-state index < -0.39 is 10.0 Å². The summed E-state index contributed by atoms with van der Waals surface area (Å²) >= 11 is 5.85. The van der Waals surface area contributed by atoms with E-state index in [9.17, 15) is 13.2 Å². The van der Waals surface area contributed by atoms with E-state index in [1.54, 1.807) is 54.6 Å². The molecule has 144 valence electrons. The summed E-state index contributed by atoms with van der Waals surface area (Å²) in [6.07, 6.45) is 3.18. The number of amides is 1. The number of hydrogen-bond donors (Lipinski definition) is 2. The number of sulfonamides is 1. The first kappa shape index (κ1) is 19.9. The van der Waals surface area contributed by atoms with E-state index in [0.717, 1.165) is 31.4 Å². The van der Waals surface area contributed by atoms with Gasteiger partial charge >= 0.3 is 0 Å². The van der Waals surface area contributed by atoms with Gasteiger partial charge in [0.05, 0.1) is 4.90 Å². The van der Waals surface area contributed by atoms with Crippen LogP contribution in [0.2, 0.25) is 5.02 Å². The lowest BCUT2D eigenvalue weighted by Crippen LogP contribution is -2.33. The van der Waals surface area contributed by atoms with Gasteiger partial charge in [-0.25, -0.2) is 13.1 Å². The largest absolute Gasteiger partial charge is 0.326 e. The molecule has 0 spiro atoms. The molecule has 1 fully saturated rings. The third-order valence-corrected chi connectivity index (χ3v) is 6.64. The number of nitrogens with one attached hydrogen (secondary N) is 2. The number of anilines is 1.